The molecule has 1 aliphatic rings. The van der Waals surface area contributed by atoms with Crippen LogP contribution in [0.4, 0.5) is 0 Å². The van der Waals surface area contributed by atoms with E-state index in [9.17, 15) is 9.90 Å². The van der Waals surface area contributed by atoms with E-state index in [4.69, 9.17) is 4.98 Å². The first-order valence-corrected chi connectivity index (χ1v) is 11.3. The van der Waals surface area contributed by atoms with Gasteiger partial charge in [-0.2, -0.15) is 0 Å². The largest absolute Gasteiger partial charge is 0.512 e. The molecule has 5 rings (SSSR count). The molecule has 34 heavy (non-hydrogen) atoms. The number of hydrogen-bond donors (Lipinski definition) is 1. The summed E-state index contributed by atoms with van der Waals surface area (Å²) in [5.74, 6) is 1.17. The molecule has 0 saturated heterocycles. The van der Waals surface area contributed by atoms with Gasteiger partial charge >= 0.3 is 0 Å². The number of rotatable bonds is 4. The SMILES string of the molecule is CC(C)C(=O)/C=C(\O)C(C)C.Cc1nc2c(n1-c1ccccc1)-c1cccc3cc[c-]c-2c13.[Ir]. The van der Waals surface area contributed by atoms with E-state index in [0.717, 1.165) is 22.8 Å². The summed E-state index contributed by atoms with van der Waals surface area (Å²) < 4.78 is 2.25. The molecule has 1 radical (unpaired) electrons. The molecule has 3 aromatic carbocycles. The van der Waals surface area contributed by atoms with Crippen LogP contribution >= 0.6 is 0 Å². The van der Waals surface area contributed by atoms with Crippen molar-refractivity contribution in [2.24, 2.45) is 11.8 Å². The van der Waals surface area contributed by atoms with Gasteiger partial charge in [-0.3, -0.25) is 9.78 Å². The average Bonchev–Trinajstić information content (AvgIpc) is 3.30. The third kappa shape index (κ3) is 4.77. The van der Waals surface area contributed by atoms with Gasteiger partial charge in [-0.05, 0) is 24.6 Å². The van der Waals surface area contributed by atoms with E-state index >= 15 is 0 Å². The monoisotopic (exact) mass is 630 g/mol. The van der Waals surface area contributed by atoms with Gasteiger partial charge in [0.15, 0.2) is 5.78 Å². The second-order valence-electron chi connectivity index (χ2n) is 8.93. The van der Waals surface area contributed by atoms with Gasteiger partial charge in [0, 0.05) is 55.1 Å². The molecule has 0 fully saturated rings. The molecule has 4 aromatic rings. The molecule has 0 bridgehead atoms. The van der Waals surface area contributed by atoms with Crippen molar-refractivity contribution in [1.29, 1.82) is 0 Å². The second kappa shape index (κ2) is 10.5. The molecule has 5 heteroatoms. The van der Waals surface area contributed by atoms with Gasteiger partial charge < -0.3 is 9.67 Å². The van der Waals surface area contributed by atoms with Gasteiger partial charge in [0.1, 0.15) is 0 Å². The maximum atomic E-state index is 11.0. The predicted octanol–water partition coefficient (Wildman–Crippen LogP) is 7.09. The van der Waals surface area contributed by atoms with E-state index in [0.29, 0.717) is 0 Å². The Kier molecular flexibility index (Phi) is 7.91. The fourth-order valence-corrected chi connectivity index (χ4v) is 3.99. The molecular formula is C29H29IrN2O2-. The van der Waals surface area contributed by atoms with Gasteiger partial charge in [-0.1, -0.05) is 69.5 Å². The minimum Gasteiger partial charge on any atom is -0.512 e. The molecule has 1 N–H and O–H groups in total. The summed E-state index contributed by atoms with van der Waals surface area (Å²) in [7, 11) is 0. The van der Waals surface area contributed by atoms with E-state index in [2.05, 4.69) is 66.1 Å². The summed E-state index contributed by atoms with van der Waals surface area (Å²) in [6, 6.07) is 24.4. The molecule has 177 valence electrons. The Labute approximate surface area is 214 Å². The fraction of sp³-hybridized carbons (Fsp3) is 0.241. The standard InChI is InChI=1S/C20H13N2.C9H16O2.Ir/c1-13-21-19-16-11-5-7-14-8-6-12-17(18(14)16)20(19)22(13)15-9-3-2-4-10-15;1-6(2)8(10)5-9(11)7(3)4;/h2-10,12H,1H3;5-7,10H,1-4H3;/q-1;;/b;8-5-;. The molecular weight excluding hydrogens is 601 g/mol. The van der Waals surface area contributed by atoms with Crippen molar-refractivity contribution in [3.63, 3.8) is 0 Å². The zero-order valence-electron chi connectivity index (χ0n) is 20.1. The number of carbonyl (C=O) groups excluding carboxylic acids is 1. The van der Waals surface area contributed by atoms with E-state index in [1.54, 1.807) is 0 Å². The first kappa shape index (κ1) is 25.6. The van der Waals surface area contributed by atoms with E-state index in [1.165, 1.54) is 28.1 Å². The van der Waals surface area contributed by atoms with Crippen molar-refractivity contribution >= 4 is 16.6 Å². The number of para-hydroxylation sites is 1. The van der Waals surface area contributed by atoms with Gasteiger partial charge in [-0.15, -0.1) is 29.1 Å². The number of aliphatic hydroxyl groups is 1. The molecule has 1 aromatic heterocycles. The zero-order valence-corrected chi connectivity index (χ0v) is 22.5. The minimum absolute atomic E-state index is 0. The van der Waals surface area contributed by atoms with Crippen LogP contribution in [0.1, 0.15) is 33.5 Å². The predicted molar refractivity (Wildman–Crippen MR) is 134 cm³/mol. The third-order valence-corrected chi connectivity index (χ3v) is 5.84. The number of imidazole rings is 1. The van der Waals surface area contributed by atoms with Crippen LogP contribution in [0.15, 0.2) is 72.5 Å². The van der Waals surface area contributed by atoms with Crippen molar-refractivity contribution in [2.75, 3.05) is 0 Å². The average molecular weight is 630 g/mol. The first-order chi connectivity index (χ1) is 15.8. The number of fused-ring (bicyclic) bond motifs is 3. The number of aryl methyl sites for hydroxylation is 1. The van der Waals surface area contributed by atoms with Crippen LogP contribution in [-0.4, -0.2) is 20.4 Å². The Balaban J connectivity index is 0.000000234. The normalized spacial score (nSPS) is 11.8. The van der Waals surface area contributed by atoms with Crippen molar-refractivity contribution in [3.05, 3.63) is 84.4 Å². The Hall–Kier alpha value is -3.01. The Morgan fingerprint density at radius 3 is 2.35 bits per heavy atom. The maximum Gasteiger partial charge on any atom is 0.161 e. The van der Waals surface area contributed by atoms with Crippen molar-refractivity contribution in [1.82, 2.24) is 9.55 Å². The maximum absolute atomic E-state index is 11.0. The number of allylic oxidation sites excluding steroid dienone is 2. The van der Waals surface area contributed by atoms with Crippen LogP contribution in [0.2, 0.25) is 0 Å². The summed E-state index contributed by atoms with van der Waals surface area (Å²) >= 11 is 0. The topological polar surface area (TPSA) is 55.1 Å². The molecule has 1 heterocycles. The summed E-state index contributed by atoms with van der Waals surface area (Å²) in [5.41, 5.74) is 5.77. The van der Waals surface area contributed by atoms with Crippen LogP contribution in [-0.2, 0) is 24.9 Å². The minimum atomic E-state index is -0.0316. The van der Waals surface area contributed by atoms with E-state index in [1.807, 2.05) is 39.8 Å². The molecule has 1 aliphatic carbocycles. The quantitative estimate of drug-likeness (QED) is 0.131. The van der Waals surface area contributed by atoms with Crippen molar-refractivity contribution in [3.8, 4) is 28.2 Å². The number of carbonyl (C=O) groups is 1. The number of aromatic nitrogens is 2. The van der Waals surface area contributed by atoms with Crippen LogP contribution in [0.5, 0.6) is 0 Å². The van der Waals surface area contributed by atoms with Crippen molar-refractivity contribution < 1.29 is 30.0 Å². The molecule has 4 nitrogen and oxygen atoms in total. The van der Waals surface area contributed by atoms with Crippen molar-refractivity contribution in [2.45, 2.75) is 34.6 Å². The van der Waals surface area contributed by atoms with Gasteiger partial charge in [0.2, 0.25) is 0 Å². The summed E-state index contributed by atoms with van der Waals surface area (Å²) in [6.07, 6.45) is 1.31. The van der Waals surface area contributed by atoms with Gasteiger partial charge in [0.25, 0.3) is 0 Å². The number of hydrogen-bond acceptors (Lipinski definition) is 3. The first-order valence-electron chi connectivity index (χ1n) is 11.3. The molecule has 0 amide bonds. The number of nitrogens with zero attached hydrogens (tertiary/aromatic N) is 2. The smallest absolute Gasteiger partial charge is 0.161 e. The van der Waals surface area contributed by atoms with Crippen LogP contribution in [0.3, 0.4) is 0 Å². The summed E-state index contributed by atoms with van der Waals surface area (Å²) in [5, 5.41) is 11.7. The third-order valence-electron chi connectivity index (χ3n) is 5.84. The molecule has 0 atom stereocenters. The number of aliphatic hydroxyl groups excluding tert-OH is 1. The van der Waals surface area contributed by atoms with Gasteiger partial charge in [0.05, 0.1) is 11.6 Å². The Bertz CT molecular complexity index is 1350. The summed E-state index contributed by atoms with van der Waals surface area (Å²) in [6.45, 7) is 9.38. The van der Waals surface area contributed by atoms with E-state index < -0.39 is 0 Å². The molecule has 0 unspecified atom stereocenters. The molecule has 0 saturated carbocycles. The molecule has 0 aliphatic heterocycles. The molecule has 0 spiro atoms. The number of benzene rings is 3. The van der Waals surface area contributed by atoms with Crippen LogP contribution in [0, 0.1) is 24.8 Å². The Morgan fingerprint density at radius 2 is 1.71 bits per heavy atom. The van der Waals surface area contributed by atoms with Crippen LogP contribution < -0.4 is 0 Å². The number of ketones is 1. The summed E-state index contributed by atoms with van der Waals surface area (Å²) in [4.78, 5) is 15.9. The van der Waals surface area contributed by atoms with E-state index in [-0.39, 0.29) is 43.5 Å². The second-order valence-corrected chi connectivity index (χ2v) is 8.93. The van der Waals surface area contributed by atoms with Crippen LogP contribution in [0.25, 0.3) is 39.0 Å². The zero-order chi connectivity index (χ0) is 23.7. The van der Waals surface area contributed by atoms with Gasteiger partial charge in [-0.25, -0.2) is 0 Å². The fourth-order valence-electron chi connectivity index (χ4n) is 3.99. The Morgan fingerprint density at radius 1 is 1.00 bits per heavy atom.